The fourth-order valence-corrected chi connectivity index (χ4v) is 8.04. The van der Waals surface area contributed by atoms with Gasteiger partial charge in [0.15, 0.2) is 4.64 Å². The Hall–Kier alpha value is -0.780. The van der Waals surface area contributed by atoms with Crippen LogP contribution in [-0.4, -0.2) is 73.5 Å². The molecule has 0 radical (unpaired) electrons. The maximum Gasteiger partial charge on any atom is 0.573 e. The quantitative estimate of drug-likeness (QED) is 0.272. The van der Waals surface area contributed by atoms with Crippen LogP contribution in [0.1, 0.15) is 12.6 Å². The van der Waals surface area contributed by atoms with Crippen molar-refractivity contribution in [3.05, 3.63) is 17.3 Å². The van der Waals surface area contributed by atoms with Gasteiger partial charge in [-0.3, -0.25) is 4.57 Å². The first-order valence-corrected chi connectivity index (χ1v) is 13.9. The molecule has 0 spiro atoms. The van der Waals surface area contributed by atoms with E-state index < -0.39 is 8.17 Å². The normalized spacial score (nSPS) is 35.7. The second-order valence-corrected chi connectivity index (χ2v) is 11.7. The molecule has 6 atom stereocenters. The highest BCUT2D eigenvalue weighted by molar-refractivity contribution is 8.76. The van der Waals surface area contributed by atoms with Crippen LogP contribution in [0.25, 0.3) is 11.2 Å². The smallest absolute Gasteiger partial charge is 0.362 e. The number of aromatic nitrogens is 4. The molecule has 3 saturated heterocycles. The van der Waals surface area contributed by atoms with Gasteiger partial charge in [-0.2, -0.15) is 9.42 Å². The highest BCUT2D eigenvalue weighted by Crippen LogP contribution is 2.64. The molecule has 166 valence electrons. The fourth-order valence-electron chi connectivity index (χ4n) is 3.67. The Bertz CT molecular complexity index is 1050. The average molecular weight is 504 g/mol. The lowest BCUT2D eigenvalue weighted by Crippen LogP contribution is -2.41. The summed E-state index contributed by atoms with van der Waals surface area (Å²) in [7, 11) is -0.190. The van der Waals surface area contributed by atoms with E-state index in [1.807, 2.05) is 4.57 Å². The molecule has 0 aliphatic carbocycles. The van der Waals surface area contributed by atoms with E-state index in [4.69, 9.17) is 41.7 Å². The van der Waals surface area contributed by atoms with Gasteiger partial charge in [0.25, 0.3) is 0 Å². The molecule has 3 aliphatic heterocycles. The van der Waals surface area contributed by atoms with Crippen LogP contribution in [-0.2, 0) is 23.0 Å². The molecule has 14 heteroatoms. The predicted molar refractivity (Wildman–Crippen MR) is 120 cm³/mol. The van der Waals surface area contributed by atoms with Gasteiger partial charge in [-0.05, 0) is 0 Å². The van der Waals surface area contributed by atoms with Crippen LogP contribution in [0.4, 0.5) is 0 Å². The van der Waals surface area contributed by atoms with Crippen LogP contribution in [0.3, 0.4) is 0 Å². The Morgan fingerprint density at radius 2 is 2.19 bits per heavy atom. The second kappa shape index (κ2) is 9.23. The SMILES string of the molecule is C#CCO[C@H]1CSSC[C@@H]1O[P+]1(O)OC[C@H]2O[C@@H](n3cnc4c(=S)nc[nH]c43)C[C@@H]2O1. The van der Waals surface area contributed by atoms with Gasteiger partial charge in [0.05, 0.1) is 12.7 Å². The summed E-state index contributed by atoms with van der Waals surface area (Å²) in [5, 5.41) is 0. The maximum atomic E-state index is 11.0. The first-order valence-electron chi connectivity index (χ1n) is 9.54. The van der Waals surface area contributed by atoms with Crippen LogP contribution in [0.2, 0.25) is 0 Å². The zero-order chi connectivity index (χ0) is 21.4. The molecule has 10 nitrogen and oxygen atoms in total. The Kier molecular flexibility index (Phi) is 6.56. The number of imidazole rings is 1. The molecule has 5 heterocycles. The topological polar surface area (TPSA) is 113 Å². The first-order chi connectivity index (χ1) is 15.1. The maximum absolute atomic E-state index is 11.0. The molecule has 5 rings (SSSR count). The van der Waals surface area contributed by atoms with Gasteiger partial charge < -0.3 is 14.5 Å². The van der Waals surface area contributed by atoms with E-state index >= 15 is 0 Å². The van der Waals surface area contributed by atoms with Gasteiger partial charge in [0.1, 0.15) is 55.0 Å². The van der Waals surface area contributed by atoms with Crippen molar-refractivity contribution < 1.29 is 27.9 Å². The molecule has 0 aromatic carbocycles. The fraction of sp³-hybridized carbons (Fsp3) is 0.588. The summed E-state index contributed by atoms with van der Waals surface area (Å²) in [6.45, 7) is 0.353. The third-order valence-electron chi connectivity index (χ3n) is 5.15. The van der Waals surface area contributed by atoms with Gasteiger partial charge in [0, 0.05) is 17.9 Å². The third-order valence-corrected chi connectivity index (χ3v) is 9.41. The highest BCUT2D eigenvalue weighted by Gasteiger charge is 2.59. The second-order valence-electron chi connectivity index (χ2n) is 7.10. The lowest BCUT2D eigenvalue weighted by Gasteiger charge is -2.32. The van der Waals surface area contributed by atoms with Crippen molar-refractivity contribution >= 4 is 53.1 Å². The van der Waals surface area contributed by atoms with Crippen molar-refractivity contribution in [1.82, 2.24) is 19.5 Å². The van der Waals surface area contributed by atoms with E-state index in [1.54, 1.807) is 27.9 Å². The highest BCUT2D eigenvalue weighted by atomic mass is 33.1. The number of terminal acetylenes is 1. The summed E-state index contributed by atoms with van der Waals surface area (Å²) in [6, 6.07) is 0. The molecule has 3 fully saturated rings. The van der Waals surface area contributed by atoms with Gasteiger partial charge in [-0.1, -0.05) is 39.7 Å². The van der Waals surface area contributed by atoms with Crippen molar-refractivity contribution in [2.75, 3.05) is 24.7 Å². The minimum absolute atomic E-state index is 0.167. The number of hydrogen-bond acceptors (Lipinski definition) is 11. The molecule has 0 bridgehead atoms. The summed E-state index contributed by atoms with van der Waals surface area (Å²) in [6.07, 6.45) is 7.31. The lowest BCUT2D eigenvalue weighted by atomic mass is 10.2. The molecule has 31 heavy (non-hydrogen) atoms. The Balaban J connectivity index is 1.27. The van der Waals surface area contributed by atoms with E-state index in [9.17, 15) is 4.89 Å². The molecule has 3 aliphatic rings. The number of ether oxygens (including phenoxy) is 2. The summed E-state index contributed by atoms with van der Waals surface area (Å²) >= 11 is 5.23. The van der Waals surface area contributed by atoms with Gasteiger partial charge in [-0.15, -0.1) is 15.5 Å². The van der Waals surface area contributed by atoms with E-state index in [0.29, 0.717) is 28.1 Å². The van der Waals surface area contributed by atoms with Gasteiger partial charge >= 0.3 is 8.17 Å². The Labute approximate surface area is 191 Å². The first kappa shape index (κ1) is 22.0. The molecule has 2 aromatic heterocycles. The van der Waals surface area contributed by atoms with Crippen LogP contribution < -0.4 is 0 Å². The monoisotopic (exact) mass is 503 g/mol. The number of nitrogens with zero attached hydrogens (tertiary/aromatic N) is 3. The van der Waals surface area contributed by atoms with E-state index in [1.165, 1.54) is 6.33 Å². The van der Waals surface area contributed by atoms with Crippen LogP contribution in [0.5, 0.6) is 0 Å². The van der Waals surface area contributed by atoms with Crippen molar-refractivity contribution in [2.24, 2.45) is 0 Å². The zero-order valence-electron chi connectivity index (χ0n) is 16.2. The number of hydrogen-bond donors (Lipinski definition) is 2. The van der Waals surface area contributed by atoms with Crippen LogP contribution in [0, 0.1) is 17.0 Å². The van der Waals surface area contributed by atoms with Crippen molar-refractivity contribution in [1.29, 1.82) is 0 Å². The molecular formula is C17H20N4O6PS3+. The third kappa shape index (κ3) is 4.52. The van der Waals surface area contributed by atoms with Crippen LogP contribution in [0.15, 0.2) is 12.7 Å². The molecule has 2 aromatic rings. The van der Waals surface area contributed by atoms with E-state index in [0.717, 1.165) is 5.65 Å². The summed E-state index contributed by atoms with van der Waals surface area (Å²) in [4.78, 5) is 22.4. The number of fused-ring (bicyclic) bond motifs is 2. The minimum Gasteiger partial charge on any atom is -0.362 e. The van der Waals surface area contributed by atoms with E-state index in [2.05, 4.69) is 20.9 Å². The minimum atomic E-state index is -3.52. The summed E-state index contributed by atoms with van der Waals surface area (Å²) in [5.41, 5.74) is 1.32. The molecule has 0 saturated carbocycles. The lowest BCUT2D eigenvalue weighted by molar-refractivity contribution is -0.0937. The molecule has 1 unspecified atom stereocenters. The largest absolute Gasteiger partial charge is 0.573 e. The van der Waals surface area contributed by atoms with E-state index in [-0.39, 0.29) is 43.9 Å². The summed E-state index contributed by atoms with van der Waals surface area (Å²) in [5.74, 6) is 3.81. The van der Waals surface area contributed by atoms with Crippen molar-refractivity contribution in [3.63, 3.8) is 0 Å². The average Bonchev–Trinajstić information content (AvgIpc) is 3.37. The van der Waals surface area contributed by atoms with Crippen molar-refractivity contribution in [2.45, 2.75) is 37.1 Å². The Morgan fingerprint density at radius 3 is 3.03 bits per heavy atom. The molecule has 2 N–H and O–H groups in total. The zero-order valence-corrected chi connectivity index (χ0v) is 19.5. The van der Waals surface area contributed by atoms with Crippen molar-refractivity contribution in [3.8, 4) is 12.3 Å². The molecule has 0 amide bonds. The number of rotatable bonds is 5. The standard InChI is InChI=1S/C17H19N4O6PS3/c1-2-3-23-12-6-30-31-7-13(12)27-28(22)24-5-11-10(26-28)4-14(25-11)21-9-20-15-16(21)18-8-19-17(15)29/h1,8-14,22H,3-7H2/p+1/t10-,11+,12-,13-,14+,28?/m0/s1. The number of H-pyrrole nitrogens is 1. The molecular weight excluding hydrogens is 483 g/mol. The number of aromatic amines is 1. The number of nitrogens with one attached hydrogen (secondary N) is 1. The van der Waals surface area contributed by atoms with Gasteiger partial charge in [0.2, 0.25) is 0 Å². The van der Waals surface area contributed by atoms with Gasteiger partial charge in [-0.25, -0.2) is 9.97 Å². The van der Waals surface area contributed by atoms with Crippen LogP contribution >= 0.6 is 42.0 Å². The predicted octanol–water partition coefficient (Wildman–Crippen LogP) is 2.66. The Morgan fingerprint density at radius 1 is 1.35 bits per heavy atom. The summed E-state index contributed by atoms with van der Waals surface area (Å²) < 4.78 is 31.6.